The van der Waals surface area contributed by atoms with Crippen LogP contribution in [0, 0.1) is 0 Å². The number of benzene rings is 1. The Hall–Kier alpha value is -0.660. The van der Waals surface area contributed by atoms with E-state index in [1.165, 1.54) is 0 Å². The zero-order chi connectivity index (χ0) is 13.1. The highest BCUT2D eigenvalue weighted by molar-refractivity contribution is 9.11. The quantitative estimate of drug-likeness (QED) is 0.793. The Morgan fingerprint density at radius 3 is 2.67 bits per heavy atom. The summed E-state index contributed by atoms with van der Waals surface area (Å²) < 4.78 is 3.92. The number of amides is 1. The van der Waals surface area contributed by atoms with Crippen molar-refractivity contribution in [1.29, 1.82) is 0 Å². The van der Waals surface area contributed by atoms with Crippen LogP contribution >= 0.6 is 47.8 Å². The topological polar surface area (TPSA) is 46.9 Å². The summed E-state index contributed by atoms with van der Waals surface area (Å²) in [6.07, 6.45) is 0. The Bertz CT molecular complexity index is 583. The number of hydrogen-bond acceptors (Lipinski definition) is 2. The highest BCUT2D eigenvalue weighted by atomic mass is 79.9. The molecule has 0 saturated heterocycles. The molecule has 1 amide bonds. The van der Waals surface area contributed by atoms with Gasteiger partial charge in [-0.15, -0.1) is 0 Å². The maximum absolute atomic E-state index is 11.8. The van der Waals surface area contributed by atoms with Crippen LogP contribution in [0.15, 0.2) is 44.0 Å². The molecular formula is C11H8Br3N3O. The van der Waals surface area contributed by atoms with Gasteiger partial charge in [0, 0.05) is 16.2 Å². The standard InChI is InChI=1S/C11H8Br3N3O/c12-7-2-1-3-8(4-7)15-11(18)6-17-10(14)5-9(13)16-17/h1-5H,6H2,(H,15,18). The summed E-state index contributed by atoms with van der Waals surface area (Å²) in [5.41, 5.74) is 0.747. The van der Waals surface area contributed by atoms with E-state index in [4.69, 9.17) is 0 Å². The number of nitrogens with zero attached hydrogens (tertiary/aromatic N) is 2. The first-order valence-corrected chi connectivity index (χ1v) is 7.37. The molecule has 94 valence electrons. The summed E-state index contributed by atoms with van der Waals surface area (Å²) in [5.74, 6) is -0.135. The monoisotopic (exact) mass is 435 g/mol. The van der Waals surface area contributed by atoms with Crippen LogP contribution in [0.25, 0.3) is 0 Å². The molecule has 18 heavy (non-hydrogen) atoms. The van der Waals surface area contributed by atoms with E-state index >= 15 is 0 Å². The van der Waals surface area contributed by atoms with Crippen LogP contribution in [0.1, 0.15) is 0 Å². The molecule has 0 bridgehead atoms. The van der Waals surface area contributed by atoms with Crippen molar-refractivity contribution in [3.63, 3.8) is 0 Å². The van der Waals surface area contributed by atoms with Crippen molar-refractivity contribution < 1.29 is 4.79 Å². The molecule has 4 nitrogen and oxygen atoms in total. The minimum absolute atomic E-state index is 0.135. The van der Waals surface area contributed by atoms with Gasteiger partial charge in [-0.2, -0.15) is 5.10 Å². The lowest BCUT2D eigenvalue weighted by molar-refractivity contribution is -0.116. The molecule has 1 heterocycles. The summed E-state index contributed by atoms with van der Waals surface area (Å²) in [4.78, 5) is 11.8. The van der Waals surface area contributed by atoms with Gasteiger partial charge < -0.3 is 5.32 Å². The fourth-order valence-electron chi connectivity index (χ4n) is 1.38. The summed E-state index contributed by atoms with van der Waals surface area (Å²) in [5, 5.41) is 6.93. The van der Waals surface area contributed by atoms with Gasteiger partial charge >= 0.3 is 0 Å². The minimum atomic E-state index is -0.135. The Balaban J connectivity index is 2.03. The van der Waals surface area contributed by atoms with Crippen molar-refractivity contribution in [1.82, 2.24) is 9.78 Å². The first kappa shape index (κ1) is 13.8. The molecule has 2 rings (SSSR count). The lowest BCUT2D eigenvalue weighted by Gasteiger charge is -2.06. The Kier molecular flexibility index (Phi) is 4.58. The maximum Gasteiger partial charge on any atom is 0.246 e. The molecular weight excluding hydrogens is 430 g/mol. The van der Waals surface area contributed by atoms with Crippen LogP contribution in [-0.4, -0.2) is 15.7 Å². The predicted molar refractivity (Wildman–Crippen MR) is 80.4 cm³/mol. The van der Waals surface area contributed by atoms with E-state index in [-0.39, 0.29) is 12.5 Å². The van der Waals surface area contributed by atoms with Crippen LogP contribution in [-0.2, 0) is 11.3 Å². The molecule has 0 aliphatic heterocycles. The van der Waals surface area contributed by atoms with E-state index in [1.807, 2.05) is 24.3 Å². The molecule has 0 atom stereocenters. The predicted octanol–water partition coefficient (Wildman–Crippen LogP) is 3.81. The number of aromatic nitrogens is 2. The van der Waals surface area contributed by atoms with Crippen molar-refractivity contribution in [3.05, 3.63) is 44.0 Å². The zero-order valence-corrected chi connectivity index (χ0v) is 13.8. The third-order valence-corrected chi connectivity index (χ3v) is 3.62. The summed E-state index contributed by atoms with van der Waals surface area (Å²) >= 11 is 9.93. The molecule has 0 saturated carbocycles. The smallest absolute Gasteiger partial charge is 0.246 e. The van der Waals surface area contributed by atoms with E-state index in [0.717, 1.165) is 14.8 Å². The Morgan fingerprint density at radius 1 is 1.28 bits per heavy atom. The highest BCUT2D eigenvalue weighted by Crippen LogP contribution is 2.17. The Morgan fingerprint density at radius 2 is 2.06 bits per heavy atom. The largest absolute Gasteiger partial charge is 0.324 e. The van der Waals surface area contributed by atoms with Gasteiger partial charge in [0.1, 0.15) is 15.8 Å². The summed E-state index contributed by atoms with van der Waals surface area (Å²) in [7, 11) is 0. The highest BCUT2D eigenvalue weighted by Gasteiger charge is 2.08. The molecule has 0 spiro atoms. The number of nitrogens with one attached hydrogen (secondary N) is 1. The number of rotatable bonds is 3. The molecule has 1 aromatic carbocycles. The molecule has 0 radical (unpaired) electrons. The van der Waals surface area contributed by atoms with Gasteiger partial charge in [0.2, 0.25) is 5.91 Å². The van der Waals surface area contributed by atoms with Crippen molar-refractivity contribution in [2.45, 2.75) is 6.54 Å². The van der Waals surface area contributed by atoms with Gasteiger partial charge in [-0.3, -0.25) is 4.79 Å². The minimum Gasteiger partial charge on any atom is -0.324 e. The first-order valence-electron chi connectivity index (χ1n) is 4.99. The van der Waals surface area contributed by atoms with E-state index in [1.54, 1.807) is 10.7 Å². The fraction of sp³-hybridized carbons (Fsp3) is 0.0909. The number of halogens is 3. The van der Waals surface area contributed by atoms with E-state index in [0.29, 0.717) is 4.60 Å². The maximum atomic E-state index is 11.8. The van der Waals surface area contributed by atoms with Crippen LogP contribution in [0.2, 0.25) is 0 Å². The SMILES string of the molecule is O=C(Cn1nc(Br)cc1Br)Nc1cccc(Br)c1. The van der Waals surface area contributed by atoms with Crippen molar-refractivity contribution in [2.75, 3.05) is 5.32 Å². The Labute approximate surface area is 129 Å². The average molecular weight is 438 g/mol. The summed E-state index contributed by atoms with van der Waals surface area (Å²) in [6.45, 7) is 0.151. The summed E-state index contributed by atoms with van der Waals surface area (Å²) in [6, 6.07) is 9.21. The van der Waals surface area contributed by atoms with Gasteiger partial charge in [-0.1, -0.05) is 22.0 Å². The second-order valence-electron chi connectivity index (χ2n) is 3.51. The average Bonchev–Trinajstić information content (AvgIpc) is 2.57. The van der Waals surface area contributed by atoms with Crippen LogP contribution < -0.4 is 5.32 Å². The second-order valence-corrected chi connectivity index (χ2v) is 6.05. The van der Waals surface area contributed by atoms with Crippen LogP contribution in [0.3, 0.4) is 0 Å². The van der Waals surface area contributed by atoms with Gasteiger partial charge in [0.25, 0.3) is 0 Å². The lowest BCUT2D eigenvalue weighted by atomic mass is 10.3. The van der Waals surface area contributed by atoms with E-state index in [9.17, 15) is 4.79 Å². The molecule has 0 aliphatic rings. The van der Waals surface area contributed by atoms with Gasteiger partial charge in [-0.25, -0.2) is 4.68 Å². The van der Waals surface area contributed by atoms with Crippen molar-refractivity contribution >= 4 is 59.4 Å². The second kappa shape index (κ2) is 5.99. The van der Waals surface area contributed by atoms with E-state index in [2.05, 4.69) is 58.2 Å². The molecule has 0 aliphatic carbocycles. The first-order chi connectivity index (χ1) is 8.54. The van der Waals surface area contributed by atoms with Gasteiger partial charge in [0.05, 0.1) is 0 Å². The number of hydrogen-bond donors (Lipinski definition) is 1. The van der Waals surface area contributed by atoms with Crippen molar-refractivity contribution in [3.8, 4) is 0 Å². The third kappa shape index (κ3) is 3.66. The number of anilines is 1. The fourth-order valence-corrected chi connectivity index (χ4v) is 2.91. The number of carbonyl (C=O) groups excluding carboxylic acids is 1. The molecule has 2 aromatic rings. The third-order valence-electron chi connectivity index (χ3n) is 2.10. The molecule has 7 heteroatoms. The lowest BCUT2D eigenvalue weighted by Crippen LogP contribution is -2.19. The van der Waals surface area contributed by atoms with Crippen LogP contribution in [0.4, 0.5) is 5.69 Å². The van der Waals surface area contributed by atoms with E-state index < -0.39 is 0 Å². The molecule has 0 fully saturated rings. The molecule has 0 unspecified atom stereocenters. The number of carbonyl (C=O) groups is 1. The van der Waals surface area contributed by atoms with Crippen molar-refractivity contribution in [2.24, 2.45) is 0 Å². The zero-order valence-electron chi connectivity index (χ0n) is 9.03. The molecule has 1 aromatic heterocycles. The van der Waals surface area contributed by atoms with Gasteiger partial charge in [0.15, 0.2) is 0 Å². The van der Waals surface area contributed by atoms with Gasteiger partial charge in [-0.05, 0) is 50.1 Å². The van der Waals surface area contributed by atoms with Crippen LogP contribution in [0.5, 0.6) is 0 Å². The normalized spacial score (nSPS) is 10.4. The molecule has 1 N–H and O–H groups in total.